The van der Waals surface area contributed by atoms with Crippen LogP contribution in [0, 0.1) is 0 Å². The second-order valence-electron chi connectivity index (χ2n) is 6.64. The molecule has 0 N–H and O–H groups in total. The number of carbonyl (C=O) groups excluding carboxylic acids is 2. The molecule has 2 aliphatic rings. The number of hydrogen-bond donors (Lipinski definition) is 0. The number of hydrogen-bond acceptors (Lipinski definition) is 2. The Labute approximate surface area is 138 Å². The van der Waals surface area contributed by atoms with Crippen LogP contribution in [0.3, 0.4) is 0 Å². The molecule has 2 amide bonds. The Morgan fingerprint density at radius 2 is 1.65 bits per heavy atom. The molecule has 124 valence electrons. The summed E-state index contributed by atoms with van der Waals surface area (Å²) in [6.45, 7) is 4.65. The van der Waals surface area contributed by atoms with Gasteiger partial charge in [0.1, 0.15) is 0 Å². The fourth-order valence-corrected chi connectivity index (χ4v) is 3.75. The summed E-state index contributed by atoms with van der Waals surface area (Å²) >= 11 is 0. The van der Waals surface area contributed by atoms with Gasteiger partial charge < -0.3 is 9.80 Å². The molecule has 0 radical (unpaired) electrons. The summed E-state index contributed by atoms with van der Waals surface area (Å²) in [5, 5.41) is 0. The first-order valence-electron chi connectivity index (χ1n) is 8.91. The molecule has 2 fully saturated rings. The molecule has 0 bridgehead atoms. The Hall–Kier alpha value is -1.84. The van der Waals surface area contributed by atoms with Crippen molar-refractivity contribution < 1.29 is 9.59 Å². The van der Waals surface area contributed by atoms with Gasteiger partial charge in [0.15, 0.2) is 0 Å². The molecule has 4 nitrogen and oxygen atoms in total. The Morgan fingerprint density at radius 3 is 2.35 bits per heavy atom. The first kappa shape index (κ1) is 16.0. The van der Waals surface area contributed by atoms with E-state index in [1.165, 1.54) is 6.42 Å². The first-order chi connectivity index (χ1) is 11.2. The maximum atomic E-state index is 12.9. The molecule has 3 rings (SSSR count). The lowest BCUT2D eigenvalue weighted by Crippen LogP contribution is -2.43. The van der Waals surface area contributed by atoms with E-state index in [1.807, 2.05) is 28.0 Å². The highest BCUT2D eigenvalue weighted by Crippen LogP contribution is 2.22. The van der Waals surface area contributed by atoms with Gasteiger partial charge in [0, 0.05) is 36.8 Å². The third-order valence-electron chi connectivity index (χ3n) is 5.11. The number of amides is 2. The smallest absolute Gasteiger partial charge is 0.254 e. The van der Waals surface area contributed by atoms with Crippen LogP contribution in [-0.2, 0) is 0 Å². The Kier molecular flexibility index (Phi) is 4.99. The van der Waals surface area contributed by atoms with Crippen LogP contribution in [0.1, 0.15) is 66.2 Å². The van der Waals surface area contributed by atoms with Crippen molar-refractivity contribution in [3.63, 3.8) is 0 Å². The highest BCUT2D eigenvalue weighted by molar-refractivity contribution is 5.99. The van der Waals surface area contributed by atoms with E-state index in [0.29, 0.717) is 17.2 Å². The Bertz CT molecular complexity index is 578. The fraction of sp³-hybridized carbons (Fsp3) is 0.579. The van der Waals surface area contributed by atoms with Gasteiger partial charge >= 0.3 is 0 Å². The number of benzene rings is 1. The average Bonchev–Trinajstić information content (AvgIpc) is 3.15. The molecule has 0 aromatic heterocycles. The zero-order valence-electron chi connectivity index (χ0n) is 14.0. The number of piperidine rings is 1. The highest BCUT2D eigenvalue weighted by atomic mass is 16.2. The van der Waals surface area contributed by atoms with Crippen LogP contribution in [0.15, 0.2) is 24.3 Å². The van der Waals surface area contributed by atoms with Gasteiger partial charge in [-0.05, 0) is 56.7 Å². The van der Waals surface area contributed by atoms with Gasteiger partial charge in [-0.1, -0.05) is 13.0 Å². The molecule has 0 aliphatic carbocycles. The number of rotatable bonds is 3. The summed E-state index contributed by atoms with van der Waals surface area (Å²) in [6, 6.07) is 7.62. The maximum Gasteiger partial charge on any atom is 0.254 e. The van der Waals surface area contributed by atoms with E-state index in [9.17, 15) is 9.59 Å². The summed E-state index contributed by atoms with van der Waals surface area (Å²) < 4.78 is 0. The van der Waals surface area contributed by atoms with Crippen molar-refractivity contribution in [2.45, 2.75) is 51.5 Å². The molecule has 1 atom stereocenters. The minimum atomic E-state index is 0.0582. The van der Waals surface area contributed by atoms with Crippen LogP contribution in [0.5, 0.6) is 0 Å². The van der Waals surface area contributed by atoms with Gasteiger partial charge in [-0.25, -0.2) is 0 Å². The van der Waals surface area contributed by atoms with Crippen molar-refractivity contribution in [2.75, 3.05) is 19.6 Å². The lowest BCUT2D eigenvalue weighted by molar-refractivity contribution is 0.0608. The van der Waals surface area contributed by atoms with Crippen molar-refractivity contribution >= 4 is 11.8 Å². The summed E-state index contributed by atoms with van der Waals surface area (Å²) in [6.07, 6.45) is 6.53. The number of likely N-dealkylation sites (tertiary alicyclic amines) is 2. The van der Waals surface area contributed by atoms with Crippen LogP contribution in [0.2, 0.25) is 0 Å². The summed E-state index contributed by atoms with van der Waals surface area (Å²) in [5.41, 5.74) is 1.29. The predicted octanol–water partition coefficient (Wildman–Crippen LogP) is 3.33. The summed E-state index contributed by atoms with van der Waals surface area (Å²) in [5.74, 6) is 0.135. The third-order valence-corrected chi connectivity index (χ3v) is 5.11. The first-order valence-corrected chi connectivity index (χ1v) is 8.91. The quantitative estimate of drug-likeness (QED) is 0.858. The van der Waals surface area contributed by atoms with E-state index in [1.54, 1.807) is 6.07 Å². The van der Waals surface area contributed by atoms with Crippen molar-refractivity contribution in [1.82, 2.24) is 9.80 Å². The molecule has 2 saturated heterocycles. The van der Waals surface area contributed by atoms with E-state index in [0.717, 1.165) is 51.7 Å². The number of nitrogens with zero attached hydrogens (tertiary/aromatic N) is 2. The van der Waals surface area contributed by atoms with Crippen molar-refractivity contribution in [3.8, 4) is 0 Å². The Balaban J connectivity index is 1.78. The fourth-order valence-electron chi connectivity index (χ4n) is 3.75. The average molecular weight is 314 g/mol. The van der Waals surface area contributed by atoms with E-state index < -0.39 is 0 Å². The van der Waals surface area contributed by atoms with E-state index in [2.05, 4.69) is 6.92 Å². The van der Waals surface area contributed by atoms with Crippen LogP contribution < -0.4 is 0 Å². The molecule has 23 heavy (non-hydrogen) atoms. The molecule has 1 aromatic carbocycles. The zero-order valence-corrected chi connectivity index (χ0v) is 14.0. The van der Waals surface area contributed by atoms with Crippen LogP contribution in [-0.4, -0.2) is 47.3 Å². The van der Waals surface area contributed by atoms with Gasteiger partial charge in [0.2, 0.25) is 0 Å². The highest BCUT2D eigenvalue weighted by Gasteiger charge is 2.27. The topological polar surface area (TPSA) is 40.6 Å². The lowest BCUT2D eigenvalue weighted by Gasteiger charge is -2.35. The third kappa shape index (κ3) is 3.41. The van der Waals surface area contributed by atoms with Crippen molar-refractivity contribution in [3.05, 3.63) is 35.4 Å². The maximum absolute atomic E-state index is 12.9. The molecular formula is C19H26N2O2. The monoisotopic (exact) mass is 314 g/mol. The van der Waals surface area contributed by atoms with Gasteiger partial charge in [-0.15, -0.1) is 0 Å². The predicted molar refractivity (Wildman–Crippen MR) is 90.5 cm³/mol. The minimum Gasteiger partial charge on any atom is -0.339 e. The molecule has 4 heteroatoms. The van der Waals surface area contributed by atoms with Crippen molar-refractivity contribution in [2.24, 2.45) is 0 Å². The largest absolute Gasteiger partial charge is 0.339 e. The van der Waals surface area contributed by atoms with E-state index in [-0.39, 0.29) is 11.8 Å². The molecular weight excluding hydrogens is 288 g/mol. The molecule has 1 unspecified atom stereocenters. The lowest BCUT2D eigenvalue weighted by atomic mass is 9.98. The minimum absolute atomic E-state index is 0.0582. The normalized spacial score (nSPS) is 21.5. The Morgan fingerprint density at radius 1 is 1.00 bits per heavy atom. The SMILES string of the molecule is CCC1CCCCN1C(=O)c1cccc(C(=O)N2CCCC2)c1. The molecule has 1 aromatic rings. The van der Waals surface area contributed by atoms with Gasteiger partial charge in [0.05, 0.1) is 0 Å². The molecule has 2 heterocycles. The number of carbonyl (C=O) groups is 2. The molecule has 2 aliphatic heterocycles. The van der Waals surface area contributed by atoms with Crippen LogP contribution in [0.4, 0.5) is 0 Å². The molecule has 0 spiro atoms. The second-order valence-corrected chi connectivity index (χ2v) is 6.64. The van der Waals surface area contributed by atoms with E-state index in [4.69, 9.17) is 0 Å². The van der Waals surface area contributed by atoms with Gasteiger partial charge in [-0.3, -0.25) is 9.59 Å². The van der Waals surface area contributed by atoms with Gasteiger partial charge in [0.25, 0.3) is 11.8 Å². The zero-order chi connectivity index (χ0) is 16.2. The van der Waals surface area contributed by atoms with E-state index >= 15 is 0 Å². The van der Waals surface area contributed by atoms with Crippen LogP contribution >= 0.6 is 0 Å². The standard InChI is InChI=1S/C19H26N2O2/c1-2-17-10-3-4-13-21(17)19(23)16-9-7-8-15(14-16)18(22)20-11-5-6-12-20/h7-9,14,17H,2-6,10-13H2,1H3. The second kappa shape index (κ2) is 7.16. The van der Waals surface area contributed by atoms with Crippen molar-refractivity contribution in [1.29, 1.82) is 0 Å². The van der Waals surface area contributed by atoms with Gasteiger partial charge in [-0.2, -0.15) is 0 Å². The van der Waals surface area contributed by atoms with Crippen LogP contribution in [0.25, 0.3) is 0 Å². The summed E-state index contributed by atoms with van der Waals surface area (Å²) in [4.78, 5) is 29.3. The molecule has 0 saturated carbocycles. The summed E-state index contributed by atoms with van der Waals surface area (Å²) in [7, 11) is 0.